The number of rotatable bonds is 4. The summed E-state index contributed by atoms with van der Waals surface area (Å²) < 4.78 is 36.3. The van der Waals surface area contributed by atoms with Crippen LogP contribution in [0.2, 0.25) is 5.02 Å². The molecule has 3 nitrogen and oxygen atoms in total. The van der Waals surface area contributed by atoms with Gasteiger partial charge in [-0.05, 0) is 36.6 Å². The third-order valence-electron chi connectivity index (χ3n) is 3.09. The maximum Gasteiger partial charge on any atom is 0.154 e. The molecule has 1 aromatic carbocycles. The number of hydrogen-bond acceptors (Lipinski definition) is 3. The highest BCUT2D eigenvalue weighted by Crippen LogP contribution is 2.19. The van der Waals surface area contributed by atoms with Crippen molar-refractivity contribution in [1.82, 2.24) is 5.32 Å². The maximum atomic E-state index is 13.1. The molecule has 1 atom stereocenters. The predicted octanol–water partition coefficient (Wildman–Crippen LogP) is 2.15. The Labute approximate surface area is 111 Å². The predicted molar refractivity (Wildman–Crippen MR) is 69.9 cm³/mol. The Morgan fingerprint density at radius 3 is 2.78 bits per heavy atom. The first-order valence-electron chi connectivity index (χ1n) is 5.84. The molecule has 1 aliphatic heterocycles. The highest BCUT2D eigenvalue weighted by Gasteiger charge is 2.30. The molecule has 1 N–H and O–H groups in total. The number of nitrogens with one attached hydrogen (secondary N) is 1. The first-order valence-corrected chi connectivity index (χ1v) is 7.94. The van der Waals surface area contributed by atoms with E-state index in [1.54, 1.807) is 6.07 Å². The largest absolute Gasteiger partial charge is 0.311 e. The zero-order valence-corrected chi connectivity index (χ0v) is 11.4. The van der Waals surface area contributed by atoms with E-state index in [-0.39, 0.29) is 16.8 Å². The van der Waals surface area contributed by atoms with E-state index in [0.717, 1.165) is 12.0 Å². The Hall–Kier alpha value is -0.650. The van der Waals surface area contributed by atoms with Crippen molar-refractivity contribution in [3.8, 4) is 0 Å². The summed E-state index contributed by atoms with van der Waals surface area (Å²) in [4.78, 5) is 0. The molecule has 0 amide bonds. The Morgan fingerprint density at radius 2 is 2.17 bits per heavy atom. The van der Waals surface area contributed by atoms with Crippen LogP contribution in [0.4, 0.5) is 4.39 Å². The van der Waals surface area contributed by atoms with E-state index in [1.807, 2.05) is 0 Å². The molecule has 0 aromatic heterocycles. The van der Waals surface area contributed by atoms with Gasteiger partial charge in [0.2, 0.25) is 0 Å². The highest BCUT2D eigenvalue weighted by molar-refractivity contribution is 7.92. The molecular formula is C12H15ClFNO2S. The fraction of sp³-hybridized carbons (Fsp3) is 0.500. The Balaban J connectivity index is 1.89. The Kier molecular flexibility index (Phi) is 4.25. The highest BCUT2D eigenvalue weighted by atomic mass is 35.5. The van der Waals surface area contributed by atoms with E-state index in [4.69, 9.17) is 11.6 Å². The standard InChI is InChI=1S/C12H15ClFNO2S/c13-10-4-9(5-11(14)6-10)7-15-8-12-2-1-3-18(12,16)17/h4-6,12,15H,1-3,7-8H2. The minimum atomic E-state index is -2.92. The van der Waals surface area contributed by atoms with E-state index < -0.39 is 9.84 Å². The lowest BCUT2D eigenvalue weighted by Gasteiger charge is -2.11. The minimum Gasteiger partial charge on any atom is -0.311 e. The molecule has 6 heteroatoms. The smallest absolute Gasteiger partial charge is 0.154 e. The molecule has 0 bridgehead atoms. The van der Waals surface area contributed by atoms with Crippen molar-refractivity contribution in [1.29, 1.82) is 0 Å². The number of sulfone groups is 1. The first kappa shape index (κ1) is 13.8. The minimum absolute atomic E-state index is 0.283. The van der Waals surface area contributed by atoms with Crippen molar-refractivity contribution in [3.05, 3.63) is 34.6 Å². The zero-order valence-electron chi connectivity index (χ0n) is 9.83. The van der Waals surface area contributed by atoms with Gasteiger partial charge in [-0.3, -0.25) is 0 Å². The summed E-state index contributed by atoms with van der Waals surface area (Å²) in [5.41, 5.74) is 0.718. The van der Waals surface area contributed by atoms with Crippen LogP contribution < -0.4 is 5.32 Å². The van der Waals surface area contributed by atoms with Gasteiger partial charge in [-0.2, -0.15) is 0 Å². The average Bonchev–Trinajstić information content (AvgIpc) is 2.57. The average molecular weight is 292 g/mol. The molecule has 0 radical (unpaired) electrons. The molecule has 1 fully saturated rings. The molecule has 0 aliphatic carbocycles. The summed E-state index contributed by atoms with van der Waals surface area (Å²) in [5, 5.41) is 3.09. The normalized spacial score (nSPS) is 22.2. The number of hydrogen-bond donors (Lipinski definition) is 1. The van der Waals surface area contributed by atoms with E-state index in [9.17, 15) is 12.8 Å². The molecular weight excluding hydrogens is 277 g/mol. The monoisotopic (exact) mass is 291 g/mol. The van der Waals surface area contributed by atoms with Crippen LogP contribution in [0.1, 0.15) is 18.4 Å². The Morgan fingerprint density at radius 1 is 1.39 bits per heavy atom. The third-order valence-corrected chi connectivity index (χ3v) is 5.58. The lowest BCUT2D eigenvalue weighted by atomic mass is 10.2. The second-order valence-corrected chi connectivity index (χ2v) is 7.38. The van der Waals surface area contributed by atoms with Crippen molar-refractivity contribution in [2.75, 3.05) is 12.3 Å². The van der Waals surface area contributed by atoms with Crippen LogP contribution in [0, 0.1) is 5.82 Å². The van der Waals surface area contributed by atoms with E-state index in [2.05, 4.69) is 5.32 Å². The van der Waals surface area contributed by atoms with Crippen LogP contribution >= 0.6 is 11.6 Å². The molecule has 18 heavy (non-hydrogen) atoms. The fourth-order valence-electron chi connectivity index (χ4n) is 2.18. The molecule has 100 valence electrons. The van der Waals surface area contributed by atoms with Crippen LogP contribution in [0.5, 0.6) is 0 Å². The van der Waals surface area contributed by atoms with Gasteiger partial charge in [-0.1, -0.05) is 11.6 Å². The fourth-order valence-corrected chi connectivity index (χ4v) is 4.22. The summed E-state index contributed by atoms with van der Waals surface area (Å²) >= 11 is 5.74. The van der Waals surface area contributed by atoms with Crippen LogP contribution in [0.15, 0.2) is 18.2 Å². The molecule has 0 spiro atoms. The van der Waals surface area contributed by atoms with Gasteiger partial charge < -0.3 is 5.32 Å². The third kappa shape index (κ3) is 3.43. The van der Waals surface area contributed by atoms with Gasteiger partial charge in [-0.15, -0.1) is 0 Å². The van der Waals surface area contributed by atoms with Gasteiger partial charge >= 0.3 is 0 Å². The van der Waals surface area contributed by atoms with Crippen LogP contribution in [0.25, 0.3) is 0 Å². The summed E-state index contributed by atoms with van der Waals surface area (Å²) in [6, 6.07) is 4.30. The lowest BCUT2D eigenvalue weighted by molar-refractivity contribution is 0.572. The molecule has 0 saturated carbocycles. The zero-order chi connectivity index (χ0) is 13.2. The summed E-state index contributed by atoms with van der Waals surface area (Å²) in [5.74, 6) is -0.0988. The van der Waals surface area contributed by atoms with Gasteiger partial charge in [0.1, 0.15) is 5.82 Å². The van der Waals surface area contributed by atoms with Crippen molar-refractivity contribution in [2.24, 2.45) is 0 Å². The van der Waals surface area contributed by atoms with Crippen LogP contribution in [-0.4, -0.2) is 26.0 Å². The second-order valence-electron chi connectivity index (χ2n) is 4.54. The molecule has 2 rings (SSSR count). The van der Waals surface area contributed by atoms with Gasteiger partial charge in [0.15, 0.2) is 9.84 Å². The quantitative estimate of drug-likeness (QED) is 0.924. The Bertz CT molecular complexity index is 513. The molecule has 1 saturated heterocycles. The van der Waals surface area contributed by atoms with Gasteiger partial charge in [0.25, 0.3) is 0 Å². The topological polar surface area (TPSA) is 46.2 Å². The van der Waals surface area contributed by atoms with Crippen molar-refractivity contribution in [3.63, 3.8) is 0 Å². The SMILES string of the molecule is O=S1(=O)CCCC1CNCc1cc(F)cc(Cl)c1. The summed E-state index contributed by atoms with van der Waals surface area (Å²) in [6.07, 6.45) is 1.44. The number of halogens is 2. The molecule has 1 unspecified atom stereocenters. The van der Waals surface area contributed by atoms with Crippen molar-refractivity contribution < 1.29 is 12.8 Å². The first-order chi connectivity index (χ1) is 8.47. The van der Waals surface area contributed by atoms with Crippen LogP contribution in [-0.2, 0) is 16.4 Å². The molecule has 1 aliphatic rings. The molecule has 1 aromatic rings. The van der Waals surface area contributed by atoms with Gasteiger partial charge in [0.05, 0.1) is 11.0 Å². The summed E-state index contributed by atoms with van der Waals surface area (Å²) in [6.45, 7) is 0.833. The number of benzene rings is 1. The van der Waals surface area contributed by atoms with E-state index in [0.29, 0.717) is 24.5 Å². The lowest BCUT2D eigenvalue weighted by Crippen LogP contribution is -2.30. The van der Waals surface area contributed by atoms with E-state index >= 15 is 0 Å². The van der Waals surface area contributed by atoms with Crippen molar-refractivity contribution >= 4 is 21.4 Å². The maximum absolute atomic E-state index is 13.1. The van der Waals surface area contributed by atoms with Crippen molar-refractivity contribution in [2.45, 2.75) is 24.6 Å². The van der Waals surface area contributed by atoms with Crippen LogP contribution in [0.3, 0.4) is 0 Å². The van der Waals surface area contributed by atoms with Gasteiger partial charge in [-0.25, -0.2) is 12.8 Å². The summed E-state index contributed by atoms with van der Waals surface area (Å²) in [7, 11) is -2.92. The second kappa shape index (κ2) is 5.55. The van der Waals surface area contributed by atoms with E-state index in [1.165, 1.54) is 12.1 Å². The van der Waals surface area contributed by atoms with Gasteiger partial charge in [0, 0.05) is 18.1 Å². The molecule has 1 heterocycles.